The lowest BCUT2D eigenvalue weighted by atomic mass is 10.3. The molecule has 4 aromatic rings. The summed E-state index contributed by atoms with van der Waals surface area (Å²) in [6, 6.07) is 13.8. The Hall–Kier alpha value is -3.44. The van der Waals surface area contributed by atoms with Crippen LogP contribution < -0.4 is 16.2 Å². The Labute approximate surface area is 160 Å². The van der Waals surface area contributed by atoms with Crippen molar-refractivity contribution in [1.82, 2.24) is 24.3 Å². The highest BCUT2D eigenvalue weighted by Gasteiger charge is 2.17. The molecule has 0 unspecified atom stereocenters. The van der Waals surface area contributed by atoms with Gasteiger partial charge >= 0.3 is 0 Å². The molecule has 2 aromatic carbocycles. The van der Waals surface area contributed by atoms with Gasteiger partial charge in [0.25, 0.3) is 0 Å². The molecule has 0 radical (unpaired) electrons. The minimum absolute atomic E-state index is 0.0160. The van der Waals surface area contributed by atoms with Crippen molar-refractivity contribution >= 4 is 38.6 Å². The number of nitrogens with two attached hydrogens (primary N) is 2. The summed E-state index contributed by atoms with van der Waals surface area (Å²) in [5, 5.41) is 12.5. The second kappa shape index (κ2) is 6.62. The topological polar surface area (TPSA) is 147 Å². The number of nitrogen functional groups attached to an aromatic ring is 1. The van der Waals surface area contributed by atoms with E-state index in [0.717, 1.165) is 11.0 Å². The van der Waals surface area contributed by atoms with E-state index in [-0.39, 0.29) is 16.8 Å². The van der Waals surface area contributed by atoms with E-state index in [1.54, 1.807) is 12.1 Å². The molecule has 0 aliphatic carbocycles. The fourth-order valence-corrected chi connectivity index (χ4v) is 3.50. The maximum absolute atomic E-state index is 11.5. The smallest absolute Gasteiger partial charge is 0.248 e. The van der Waals surface area contributed by atoms with Crippen LogP contribution in [0.5, 0.6) is 0 Å². The molecule has 0 saturated heterocycles. The summed E-state index contributed by atoms with van der Waals surface area (Å²) in [6.07, 6.45) is 0. The van der Waals surface area contributed by atoms with Crippen LogP contribution in [-0.4, -0.2) is 32.7 Å². The molecular weight excluding hydrogens is 380 g/mol. The Morgan fingerprint density at radius 3 is 2.64 bits per heavy atom. The fourth-order valence-electron chi connectivity index (χ4n) is 2.94. The van der Waals surface area contributed by atoms with Crippen LogP contribution in [0.15, 0.2) is 53.4 Å². The van der Waals surface area contributed by atoms with Crippen LogP contribution in [0.4, 0.5) is 17.6 Å². The lowest BCUT2D eigenvalue weighted by molar-refractivity contribution is 0.598. The molecule has 4 rings (SSSR count). The number of nitrogens with zero attached hydrogens (tertiary/aromatic N) is 5. The third-order valence-electron chi connectivity index (χ3n) is 4.19. The Bertz CT molecular complexity index is 1280. The molecule has 0 aliphatic heterocycles. The standard InChI is InChI=1S/C17H18N8O2S/c1-2-24-14-9-4-3-8-13(14)21-17(24)25-15(18)22-16(23-25)20-11-6-5-7-12(10-11)28(19,26)27/h3-10H,2H2,1H3,(H2,19,26,27)(H3,18,20,22,23). The molecular formula is C17H18N8O2S. The van der Waals surface area contributed by atoms with Gasteiger partial charge in [0.1, 0.15) is 0 Å². The van der Waals surface area contributed by atoms with E-state index in [4.69, 9.17) is 10.9 Å². The predicted molar refractivity (Wildman–Crippen MR) is 106 cm³/mol. The fraction of sp³-hybridized carbons (Fsp3) is 0.118. The summed E-state index contributed by atoms with van der Waals surface area (Å²) in [5.74, 6) is 0.897. The van der Waals surface area contributed by atoms with Crippen molar-refractivity contribution in [1.29, 1.82) is 0 Å². The molecule has 0 saturated carbocycles. The van der Waals surface area contributed by atoms with Crippen LogP contribution in [0.25, 0.3) is 17.0 Å². The number of rotatable bonds is 5. The molecule has 144 valence electrons. The maximum atomic E-state index is 11.5. The van der Waals surface area contributed by atoms with Crippen molar-refractivity contribution in [2.75, 3.05) is 11.1 Å². The van der Waals surface area contributed by atoms with Crippen molar-refractivity contribution in [2.24, 2.45) is 5.14 Å². The van der Waals surface area contributed by atoms with Crippen LogP contribution in [0, 0.1) is 0 Å². The van der Waals surface area contributed by atoms with Crippen LogP contribution in [0.2, 0.25) is 0 Å². The number of primary sulfonamides is 1. The van der Waals surface area contributed by atoms with Gasteiger partial charge in [0.2, 0.25) is 27.9 Å². The number of aryl methyl sites for hydroxylation is 1. The van der Waals surface area contributed by atoms with E-state index in [0.29, 0.717) is 18.2 Å². The highest BCUT2D eigenvalue weighted by Crippen LogP contribution is 2.22. The number of benzene rings is 2. The lowest BCUT2D eigenvalue weighted by Gasteiger charge is -2.06. The summed E-state index contributed by atoms with van der Waals surface area (Å²) in [5.41, 5.74) is 8.30. The normalized spacial score (nSPS) is 11.8. The van der Waals surface area contributed by atoms with Crippen molar-refractivity contribution in [3.8, 4) is 5.95 Å². The molecule has 0 aliphatic rings. The quantitative estimate of drug-likeness (QED) is 0.463. The number of hydrogen-bond acceptors (Lipinski definition) is 7. The van der Waals surface area contributed by atoms with Crippen LogP contribution >= 0.6 is 0 Å². The third kappa shape index (κ3) is 3.17. The van der Waals surface area contributed by atoms with Gasteiger partial charge in [-0.2, -0.15) is 9.67 Å². The van der Waals surface area contributed by atoms with Gasteiger partial charge in [0.05, 0.1) is 15.9 Å². The van der Waals surface area contributed by atoms with Crippen LogP contribution in [0.1, 0.15) is 6.92 Å². The van der Waals surface area contributed by atoms with Gasteiger partial charge < -0.3 is 15.6 Å². The number of imidazole rings is 1. The number of para-hydroxylation sites is 2. The summed E-state index contributed by atoms with van der Waals surface area (Å²) < 4.78 is 26.5. The van der Waals surface area contributed by atoms with Gasteiger partial charge in [0, 0.05) is 12.2 Å². The zero-order chi connectivity index (χ0) is 19.9. The maximum Gasteiger partial charge on any atom is 0.248 e. The van der Waals surface area contributed by atoms with Gasteiger partial charge in [0.15, 0.2) is 0 Å². The number of anilines is 3. The van der Waals surface area contributed by atoms with E-state index in [1.165, 1.54) is 16.8 Å². The summed E-state index contributed by atoms with van der Waals surface area (Å²) in [4.78, 5) is 8.79. The Morgan fingerprint density at radius 2 is 1.89 bits per heavy atom. The minimum atomic E-state index is -3.81. The molecule has 0 amide bonds. The SMILES string of the molecule is CCn1c(-n2nc(Nc3cccc(S(N)(=O)=O)c3)nc2N)nc2ccccc21. The Morgan fingerprint density at radius 1 is 1.11 bits per heavy atom. The van der Waals surface area contributed by atoms with E-state index in [9.17, 15) is 8.42 Å². The third-order valence-corrected chi connectivity index (χ3v) is 5.10. The number of fused-ring (bicyclic) bond motifs is 1. The molecule has 0 atom stereocenters. The monoisotopic (exact) mass is 398 g/mol. The molecule has 11 heteroatoms. The van der Waals surface area contributed by atoms with Crippen molar-refractivity contribution in [3.63, 3.8) is 0 Å². The van der Waals surface area contributed by atoms with Crippen LogP contribution in [-0.2, 0) is 16.6 Å². The highest BCUT2D eigenvalue weighted by molar-refractivity contribution is 7.89. The molecule has 28 heavy (non-hydrogen) atoms. The molecule has 2 heterocycles. The highest BCUT2D eigenvalue weighted by atomic mass is 32.2. The first kappa shape index (κ1) is 17.9. The first-order valence-electron chi connectivity index (χ1n) is 8.45. The second-order valence-corrected chi connectivity index (χ2v) is 7.61. The van der Waals surface area contributed by atoms with Gasteiger partial charge in [-0.3, -0.25) is 0 Å². The van der Waals surface area contributed by atoms with Crippen molar-refractivity contribution in [2.45, 2.75) is 18.4 Å². The molecule has 0 fully saturated rings. The van der Waals surface area contributed by atoms with E-state index in [1.807, 2.05) is 35.8 Å². The van der Waals surface area contributed by atoms with Gasteiger partial charge in [-0.05, 0) is 37.3 Å². The van der Waals surface area contributed by atoms with E-state index < -0.39 is 10.0 Å². The number of hydrogen-bond donors (Lipinski definition) is 3. The Balaban J connectivity index is 1.72. The van der Waals surface area contributed by atoms with Gasteiger partial charge in [-0.25, -0.2) is 18.5 Å². The average Bonchev–Trinajstić information content (AvgIpc) is 3.20. The Kier molecular flexibility index (Phi) is 4.24. The number of sulfonamides is 1. The minimum Gasteiger partial charge on any atom is -0.368 e. The lowest BCUT2D eigenvalue weighted by Crippen LogP contribution is -2.12. The van der Waals surface area contributed by atoms with E-state index >= 15 is 0 Å². The zero-order valence-electron chi connectivity index (χ0n) is 14.9. The first-order valence-corrected chi connectivity index (χ1v) is 9.99. The average molecular weight is 398 g/mol. The largest absolute Gasteiger partial charge is 0.368 e. The number of nitrogens with one attached hydrogen (secondary N) is 1. The predicted octanol–water partition coefficient (Wildman–Crippen LogP) is 1.61. The zero-order valence-corrected chi connectivity index (χ0v) is 15.8. The van der Waals surface area contributed by atoms with Crippen LogP contribution in [0.3, 0.4) is 0 Å². The summed E-state index contributed by atoms with van der Waals surface area (Å²) in [6.45, 7) is 2.68. The van der Waals surface area contributed by atoms with Gasteiger partial charge in [-0.15, -0.1) is 5.10 Å². The molecule has 2 aromatic heterocycles. The second-order valence-electron chi connectivity index (χ2n) is 6.05. The molecule has 5 N–H and O–H groups in total. The first-order chi connectivity index (χ1) is 13.4. The van der Waals surface area contributed by atoms with Gasteiger partial charge in [-0.1, -0.05) is 18.2 Å². The summed E-state index contributed by atoms with van der Waals surface area (Å²) in [7, 11) is -3.81. The van der Waals surface area contributed by atoms with E-state index in [2.05, 4.69) is 20.4 Å². The summed E-state index contributed by atoms with van der Waals surface area (Å²) >= 11 is 0. The van der Waals surface area contributed by atoms with Crippen molar-refractivity contribution < 1.29 is 8.42 Å². The molecule has 10 nitrogen and oxygen atoms in total. The number of aromatic nitrogens is 5. The molecule has 0 bridgehead atoms. The molecule has 0 spiro atoms. The van der Waals surface area contributed by atoms with Crippen molar-refractivity contribution in [3.05, 3.63) is 48.5 Å².